The molecule has 0 radical (unpaired) electrons. The number of rotatable bonds is 1. The second kappa shape index (κ2) is 5.07. The molecule has 0 spiro atoms. The number of halogens is 2. The molecule has 0 aliphatic carbocycles. The van der Waals surface area contributed by atoms with Crippen molar-refractivity contribution < 1.29 is 18.7 Å². The number of carbonyl (C=O) groups is 1. The van der Waals surface area contributed by atoms with Gasteiger partial charge in [0.05, 0.1) is 12.2 Å². The van der Waals surface area contributed by atoms with Crippen molar-refractivity contribution in [1.82, 2.24) is 9.88 Å². The lowest BCUT2D eigenvalue weighted by Gasteiger charge is -2.24. The molecule has 21 heavy (non-hydrogen) atoms. The van der Waals surface area contributed by atoms with Crippen molar-refractivity contribution in [1.29, 1.82) is 0 Å². The number of nitrogens with zero attached hydrogens (tertiary/aromatic N) is 2. The predicted octanol–water partition coefficient (Wildman–Crippen LogP) is 2.70. The number of aromatic hydroxyl groups is 1. The van der Waals surface area contributed by atoms with Crippen LogP contribution in [0.4, 0.5) is 8.78 Å². The van der Waals surface area contributed by atoms with Crippen LogP contribution in [0.2, 0.25) is 0 Å². The van der Waals surface area contributed by atoms with Gasteiger partial charge in [0.15, 0.2) is 11.6 Å². The van der Waals surface area contributed by atoms with E-state index >= 15 is 0 Å². The molecule has 2 heterocycles. The molecule has 110 valence electrons. The van der Waals surface area contributed by atoms with E-state index in [1.54, 1.807) is 4.90 Å². The highest BCUT2D eigenvalue weighted by Gasteiger charge is 2.24. The number of aromatic nitrogens is 1. The van der Waals surface area contributed by atoms with Crippen LogP contribution in [0.5, 0.6) is 5.75 Å². The average Bonchev–Trinajstić information content (AvgIpc) is 2.87. The first-order chi connectivity index (χ1) is 9.97. The Bertz CT molecular complexity index is 730. The molecule has 1 aliphatic heterocycles. The molecule has 3 rings (SSSR count). The summed E-state index contributed by atoms with van der Waals surface area (Å²) in [5.41, 5.74) is 0.847. The van der Waals surface area contributed by atoms with Crippen molar-refractivity contribution in [3.05, 3.63) is 34.3 Å². The molecule has 0 bridgehead atoms. The summed E-state index contributed by atoms with van der Waals surface area (Å²) in [5.74, 6) is -3.12. The molecule has 0 saturated heterocycles. The van der Waals surface area contributed by atoms with Gasteiger partial charge in [-0.25, -0.2) is 9.37 Å². The lowest BCUT2D eigenvalue weighted by atomic mass is 10.1. The SMILES string of the molecule is CC(=O)N1CCc2nc(-c3ccc(O)c(F)c3F)sc2C1. The molecule has 1 aliphatic rings. The number of carbonyl (C=O) groups excluding carboxylic acids is 1. The molecule has 4 nitrogen and oxygen atoms in total. The number of hydrogen-bond acceptors (Lipinski definition) is 4. The third kappa shape index (κ3) is 2.37. The lowest BCUT2D eigenvalue weighted by Crippen LogP contribution is -2.33. The molecule has 1 aromatic carbocycles. The number of phenols is 1. The first kappa shape index (κ1) is 13.9. The Labute approximate surface area is 123 Å². The molecular formula is C14H12F2N2O2S. The van der Waals surface area contributed by atoms with E-state index in [-0.39, 0.29) is 11.5 Å². The zero-order valence-electron chi connectivity index (χ0n) is 11.2. The Kier molecular flexibility index (Phi) is 3.36. The minimum absolute atomic E-state index is 0.0162. The summed E-state index contributed by atoms with van der Waals surface area (Å²) in [6.45, 7) is 2.53. The largest absolute Gasteiger partial charge is 0.505 e. The molecule has 1 amide bonds. The second-order valence-electron chi connectivity index (χ2n) is 4.84. The summed E-state index contributed by atoms with van der Waals surface area (Å²) < 4.78 is 27.3. The highest BCUT2D eigenvalue weighted by atomic mass is 32.1. The van der Waals surface area contributed by atoms with E-state index in [4.69, 9.17) is 5.11 Å². The van der Waals surface area contributed by atoms with Crippen LogP contribution >= 0.6 is 11.3 Å². The minimum atomic E-state index is -1.27. The van der Waals surface area contributed by atoms with Crippen LogP contribution in [0.25, 0.3) is 10.6 Å². The quantitative estimate of drug-likeness (QED) is 0.881. The number of amides is 1. The van der Waals surface area contributed by atoms with Crippen LogP contribution in [0.15, 0.2) is 12.1 Å². The molecule has 0 fully saturated rings. The molecule has 0 unspecified atom stereocenters. The van der Waals surface area contributed by atoms with Crippen LogP contribution in [0, 0.1) is 11.6 Å². The van der Waals surface area contributed by atoms with Crippen molar-refractivity contribution in [2.45, 2.75) is 19.9 Å². The number of benzene rings is 1. The Morgan fingerprint density at radius 3 is 2.86 bits per heavy atom. The third-order valence-corrected chi connectivity index (χ3v) is 4.58. The van der Waals surface area contributed by atoms with E-state index in [1.807, 2.05) is 0 Å². The maximum Gasteiger partial charge on any atom is 0.219 e. The van der Waals surface area contributed by atoms with E-state index < -0.39 is 17.4 Å². The molecule has 0 saturated carbocycles. The normalized spacial score (nSPS) is 14.1. The highest BCUT2D eigenvalue weighted by molar-refractivity contribution is 7.15. The van der Waals surface area contributed by atoms with Crippen molar-refractivity contribution in [3.63, 3.8) is 0 Å². The number of phenolic OH excluding ortho intramolecular Hbond substituents is 1. The topological polar surface area (TPSA) is 53.4 Å². The van der Waals surface area contributed by atoms with Crippen LogP contribution in [-0.2, 0) is 17.8 Å². The molecule has 7 heteroatoms. The van der Waals surface area contributed by atoms with Gasteiger partial charge in [-0.2, -0.15) is 4.39 Å². The summed E-state index contributed by atoms with van der Waals surface area (Å²) in [7, 11) is 0. The van der Waals surface area contributed by atoms with Gasteiger partial charge in [-0.15, -0.1) is 11.3 Å². The first-order valence-corrected chi connectivity index (χ1v) is 7.20. The van der Waals surface area contributed by atoms with Gasteiger partial charge >= 0.3 is 0 Å². The minimum Gasteiger partial charge on any atom is -0.505 e. The van der Waals surface area contributed by atoms with Gasteiger partial charge in [-0.1, -0.05) is 0 Å². The molecule has 1 N–H and O–H groups in total. The van der Waals surface area contributed by atoms with E-state index in [9.17, 15) is 13.6 Å². The van der Waals surface area contributed by atoms with E-state index in [0.29, 0.717) is 24.5 Å². The summed E-state index contributed by atoms with van der Waals surface area (Å²) in [4.78, 5) is 18.3. The monoisotopic (exact) mass is 310 g/mol. The Morgan fingerprint density at radius 1 is 1.38 bits per heavy atom. The van der Waals surface area contributed by atoms with Crippen molar-refractivity contribution in [3.8, 4) is 16.3 Å². The Balaban J connectivity index is 2.00. The average molecular weight is 310 g/mol. The first-order valence-electron chi connectivity index (χ1n) is 6.39. The number of hydrogen-bond donors (Lipinski definition) is 1. The van der Waals surface area contributed by atoms with Gasteiger partial charge in [0.1, 0.15) is 5.01 Å². The third-order valence-electron chi connectivity index (χ3n) is 3.47. The number of thiazole rings is 1. The fourth-order valence-electron chi connectivity index (χ4n) is 2.28. The fraction of sp³-hybridized carbons (Fsp3) is 0.286. The summed E-state index contributed by atoms with van der Waals surface area (Å²) in [6, 6.07) is 2.41. The standard InChI is InChI=1S/C14H12F2N2O2S/c1-7(19)18-5-4-9-11(6-18)21-14(17-9)8-2-3-10(20)13(16)12(8)15/h2-3,20H,4-6H2,1H3. The zero-order chi connectivity index (χ0) is 15.1. The predicted molar refractivity (Wildman–Crippen MR) is 73.9 cm³/mol. The van der Waals surface area contributed by atoms with E-state index in [0.717, 1.165) is 16.6 Å². The van der Waals surface area contributed by atoms with Gasteiger partial charge in [0.25, 0.3) is 0 Å². The van der Waals surface area contributed by atoms with Crippen molar-refractivity contribution in [2.24, 2.45) is 0 Å². The Morgan fingerprint density at radius 2 is 2.14 bits per heavy atom. The molecule has 1 aromatic heterocycles. The van der Waals surface area contributed by atoms with Crippen LogP contribution < -0.4 is 0 Å². The van der Waals surface area contributed by atoms with Gasteiger partial charge in [-0.05, 0) is 12.1 Å². The Hall–Kier alpha value is -2.02. The van der Waals surface area contributed by atoms with E-state index in [1.165, 1.54) is 24.3 Å². The van der Waals surface area contributed by atoms with Gasteiger partial charge < -0.3 is 10.0 Å². The lowest BCUT2D eigenvalue weighted by molar-refractivity contribution is -0.129. The number of fused-ring (bicyclic) bond motifs is 1. The maximum absolute atomic E-state index is 13.9. The smallest absolute Gasteiger partial charge is 0.219 e. The highest BCUT2D eigenvalue weighted by Crippen LogP contribution is 2.35. The summed E-state index contributed by atoms with van der Waals surface area (Å²) in [6.07, 6.45) is 0.605. The van der Waals surface area contributed by atoms with Gasteiger partial charge in [0, 0.05) is 30.3 Å². The van der Waals surface area contributed by atoms with Crippen molar-refractivity contribution >= 4 is 17.2 Å². The summed E-state index contributed by atoms with van der Waals surface area (Å²) >= 11 is 1.25. The van der Waals surface area contributed by atoms with Crippen LogP contribution in [-0.4, -0.2) is 27.4 Å². The molecular weight excluding hydrogens is 298 g/mol. The fourth-order valence-corrected chi connectivity index (χ4v) is 3.43. The summed E-state index contributed by atoms with van der Waals surface area (Å²) in [5, 5.41) is 9.52. The van der Waals surface area contributed by atoms with E-state index in [2.05, 4.69) is 4.98 Å². The zero-order valence-corrected chi connectivity index (χ0v) is 12.0. The molecule has 2 aromatic rings. The van der Waals surface area contributed by atoms with Gasteiger partial charge in [0.2, 0.25) is 11.7 Å². The second-order valence-corrected chi connectivity index (χ2v) is 5.92. The maximum atomic E-state index is 13.9. The van der Waals surface area contributed by atoms with Crippen molar-refractivity contribution in [2.75, 3.05) is 6.54 Å². The van der Waals surface area contributed by atoms with Crippen LogP contribution in [0.1, 0.15) is 17.5 Å². The van der Waals surface area contributed by atoms with Gasteiger partial charge in [-0.3, -0.25) is 4.79 Å². The molecule has 0 atom stereocenters. The van der Waals surface area contributed by atoms with Crippen LogP contribution in [0.3, 0.4) is 0 Å².